The van der Waals surface area contributed by atoms with Crippen LogP contribution in [0.15, 0.2) is 140 Å². The number of rotatable bonds is 10. The van der Waals surface area contributed by atoms with Gasteiger partial charge in [-0.2, -0.15) is 5.10 Å². The van der Waals surface area contributed by atoms with Crippen LogP contribution in [0, 0.1) is 6.92 Å². The predicted molar refractivity (Wildman–Crippen MR) is 192 cm³/mol. The summed E-state index contributed by atoms with van der Waals surface area (Å²) in [4.78, 5) is 3.41. The lowest BCUT2D eigenvalue weighted by atomic mass is 9.77. The Morgan fingerprint density at radius 1 is 0.653 bits per heavy atom. The van der Waals surface area contributed by atoms with Crippen LogP contribution in [0.4, 0.5) is 0 Å². The molecule has 3 heterocycles. The van der Waals surface area contributed by atoms with E-state index in [4.69, 9.17) is 15.4 Å². The molecule has 0 aliphatic rings. The summed E-state index contributed by atoms with van der Waals surface area (Å²) in [5.74, 6) is 1.54. The lowest BCUT2D eigenvalue weighted by Gasteiger charge is -2.36. The van der Waals surface area contributed by atoms with Crippen LogP contribution in [0.5, 0.6) is 0 Å². The second kappa shape index (κ2) is 12.8. The van der Waals surface area contributed by atoms with Crippen molar-refractivity contribution in [3.8, 4) is 22.5 Å². The Bertz CT molecular complexity index is 2220. The summed E-state index contributed by atoms with van der Waals surface area (Å²) in [5, 5.41) is 23.1. The van der Waals surface area contributed by atoms with Crippen molar-refractivity contribution < 1.29 is 0 Å². The van der Waals surface area contributed by atoms with Gasteiger partial charge in [0.05, 0.1) is 5.69 Å². The van der Waals surface area contributed by atoms with E-state index in [0.717, 1.165) is 69.8 Å². The SMILES string of the molecule is CCCc1nn2nc(C)[nH]c2c1Cc1ccc(-c2ccccc2-c2nnnn2C(c2ccccc2)(c2ccccc2)c2ccccc2)cc1. The molecule has 8 nitrogen and oxygen atoms in total. The molecule has 8 aromatic rings. The topological polar surface area (TPSA) is 89.6 Å². The summed E-state index contributed by atoms with van der Waals surface area (Å²) >= 11 is 0. The molecule has 0 atom stereocenters. The molecule has 8 heteroatoms. The fraction of sp³-hybridized carbons (Fsp3) is 0.146. The van der Waals surface area contributed by atoms with E-state index >= 15 is 0 Å². The third kappa shape index (κ3) is 5.31. The number of aromatic amines is 1. The molecule has 0 radical (unpaired) electrons. The van der Waals surface area contributed by atoms with Crippen LogP contribution in [0.2, 0.25) is 0 Å². The average molecular weight is 641 g/mol. The summed E-state index contributed by atoms with van der Waals surface area (Å²) in [6.45, 7) is 4.15. The Kier molecular flexibility index (Phi) is 7.89. The first kappa shape index (κ1) is 30.2. The molecule has 5 aromatic carbocycles. The summed E-state index contributed by atoms with van der Waals surface area (Å²) in [5.41, 5.74) is 9.92. The monoisotopic (exact) mass is 640 g/mol. The van der Waals surface area contributed by atoms with Crippen molar-refractivity contribution in [2.24, 2.45) is 0 Å². The van der Waals surface area contributed by atoms with Gasteiger partial charge in [-0.25, -0.2) is 4.68 Å². The van der Waals surface area contributed by atoms with Gasteiger partial charge in [-0.05, 0) is 57.2 Å². The highest BCUT2D eigenvalue weighted by Crippen LogP contribution is 2.43. The van der Waals surface area contributed by atoms with Crippen LogP contribution in [-0.4, -0.2) is 40.0 Å². The van der Waals surface area contributed by atoms with Gasteiger partial charge in [-0.15, -0.1) is 14.8 Å². The quantitative estimate of drug-likeness (QED) is 0.153. The van der Waals surface area contributed by atoms with Crippen molar-refractivity contribution in [1.29, 1.82) is 0 Å². The van der Waals surface area contributed by atoms with Gasteiger partial charge < -0.3 is 4.98 Å². The minimum atomic E-state index is -0.836. The van der Waals surface area contributed by atoms with Gasteiger partial charge in [0.1, 0.15) is 11.4 Å². The number of fused-ring (bicyclic) bond motifs is 1. The number of hydrogen-bond acceptors (Lipinski definition) is 5. The van der Waals surface area contributed by atoms with E-state index in [1.165, 1.54) is 11.1 Å². The Balaban J connectivity index is 1.24. The largest absolute Gasteiger partial charge is 0.325 e. The number of H-pyrrole nitrogens is 1. The zero-order valence-corrected chi connectivity index (χ0v) is 27.5. The Hall–Kier alpha value is -6.15. The number of tetrazole rings is 1. The molecule has 0 fully saturated rings. The lowest BCUT2D eigenvalue weighted by Crippen LogP contribution is -2.39. The first-order valence-electron chi connectivity index (χ1n) is 16.7. The third-order valence-electron chi connectivity index (χ3n) is 9.26. The number of aromatic nitrogens is 8. The Morgan fingerprint density at radius 3 is 1.82 bits per heavy atom. The molecule has 0 saturated heterocycles. The second-order valence-electron chi connectivity index (χ2n) is 12.4. The normalized spacial score (nSPS) is 11.7. The molecule has 240 valence electrons. The number of nitrogens with zero attached hydrogens (tertiary/aromatic N) is 7. The van der Waals surface area contributed by atoms with Gasteiger partial charge in [0.15, 0.2) is 11.5 Å². The van der Waals surface area contributed by atoms with Crippen LogP contribution in [-0.2, 0) is 18.4 Å². The van der Waals surface area contributed by atoms with Crippen molar-refractivity contribution in [3.63, 3.8) is 0 Å². The zero-order valence-electron chi connectivity index (χ0n) is 27.5. The van der Waals surface area contributed by atoms with Gasteiger partial charge in [-0.1, -0.05) is 153 Å². The second-order valence-corrected chi connectivity index (χ2v) is 12.4. The van der Waals surface area contributed by atoms with Crippen LogP contribution >= 0.6 is 0 Å². The van der Waals surface area contributed by atoms with Gasteiger partial charge in [0.2, 0.25) is 0 Å². The summed E-state index contributed by atoms with van der Waals surface area (Å²) < 4.78 is 3.73. The molecule has 0 aliphatic carbocycles. The van der Waals surface area contributed by atoms with E-state index in [-0.39, 0.29) is 0 Å². The molecule has 0 amide bonds. The number of hydrogen-bond donors (Lipinski definition) is 1. The van der Waals surface area contributed by atoms with Crippen LogP contribution in [0.3, 0.4) is 0 Å². The highest BCUT2D eigenvalue weighted by molar-refractivity contribution is 5.81. The van der Waals surface area contributed by atoms with E-state index in [0.29, 0.717) is 5.82 Å². The lowest BCUT2D eigenvalue weighted by molar-refractivity contribution is 0.451. The molecule has 0 spiro atoms. The van der Waals surface area contributed by atoms with E-state index in [1.807, 2.05) is 29.8 Å². The highest BCUT2D eigenvalue weighted by atomic mass is 15.6. The summed E-state index contributed by atoms with van der Waals surface area (Å²) in [6.07, 6.45) is 2.72. The Morgan fingerprint density at radius 2 is 1.22 bits per heavy atom. The van der Waals surface area contributed by atoms with Gasteiger partial charge in [0.25, 0.3) is 0 Å². The number of nitrogens with one attached hydrogen (secondary N) is 1. The van der Waals surface area contributed by atoms with Crippen LogP contribution < -0.4 is 0 Å². The first-order valence-corrected chi connectivity index (χ1v) is 16.7. The maximum atomic E-state index is 4.77. The molecule has 49 heavy (non-hydrogen) atoms. The van der Waals surface area contributed by atoms with Crippen LogP contribution in [0.25, 0.3) is 28.2 Å². The standard InChI is InChI=1S/C41H36N8/c1-3-15-38-37(39-42-29(2)44-49(39)45-38)28-30-24-26-31(27-25-30)35-22-13-14-23-36(35)40-43-46-47-48(40)41(32-16-7-4-8-17-32,33-18-9-5-10-19-33)34-20-11-6-12-21-34/h4-14,16-27H,3,15,28H2,1-2H3,(H,42,44). The van der Waals surface area contributed by atoms with Crippen molar-refractivity contribution in [2.45, 2.75) is 38.6 Å². The average Bonchev–Trinajstić information content (AvgIpc) is 3.86. The molecular weight excluding hydrogens is 605 g/mol. The minimum Gasteiger partial charge on any atom is -0.325 e. The minimum absolute atomic E-state index is 0.678. The molecule has 0 aliphatic heterocycles. The molecule has 0 unspecified atom stereocenters. The summed E-state index contributed by atoms with van der Waals surface area (Å²) in [6, 6.07) is 48.7. The fourth-order valence-electron chi connectivity index (χ4n) is 7.06. The molecule has 0 saturated carbocycles. The van der Waals surface area contributed by atoms with E-state index in [9.17, 15) is 0 Å². The van der Waals surface area contributed by atoms with Gasteiger partial charge in [0, 0.05) is 17.5 Å². The van der Waals surface area contributed by atoms with Crippen molar-refractivity contribution in [3.05, 3.63) is 179 Å². The van der Waals surface area contributed by atoms with Crippen molar-refractivity contribution in [1.82, 2.24) is 40.0 Å². The van der Waals surface area contributed by atoms with Gasteiger partial charge in [-0.3, -0.25) is 0 Å². The zero-order chi connectivity index (χ0) is 33.2. The molecule has 8 rings (SSSR count). The maximum absolute atomic E-state index is 4.77. The summed E-state index contributed by atoms with van der Waals surface area (Å²) in [7, 11) is 0. The van der Waals surface area contributed by atoms with E-state index in [2.05, 4.69) is 144 Å². The molecular formula is C41H36N8. The smallest absolute Gasteiger partial charge is 0.184 e. The van der Waals surface area contributed by atoms with Crippen molar-refractivity contribution in [2.75, 3.05) is 0 Å². The Labute approximate surface area is 285 Å². The maximum Gasteiger partial charge on any atom is 0.184 e. The number of aryl methyl sites for hydroxylation is 2. The van der Waals surface area contributed by atoms with Gasteiger partial charge >= 0.3 is 0 Å². The highest BCUT2D eigenvalue weighted by Gasteiger charge is 2.42. The van der Waals surface area contributed by atoms with Crippen LogP contribution in [0.1, 0.15) is 52.7 Å². The van der Waals surface area contributed by atoms with E-state index in [1.54, 1.807) is 4.63 Å². The fourth-order valence-corrected chi connectivity index (χ4v) is 7.06. The molecule has 3 aromatic heterocycles. The third-order valence-corrected chi connectivity index (χ3v) is 9.26. The predicted octanol–water partition coefficient (Wildman–Crippen LogP) is 8.07. The molecule has 0 bridgehead atoms. The molecule has 1 N–H and O–H groups in total. The number of benzene rings is 5. The van der Waals surface area contributed by atoms with E-state index < -0.39 is 5.54 Å². The van der Waals surface area contributed by atoms with Crippen molar-refractivity contribution >= 4 is 5.65 Å². The first-order chi connectivity index (χ1) is 24.2.